The van der Waals surface area contributed by atoms with E-state index in [1.807, 2.05) is 18.7 Å². The summed E-state index contributed by atoms with van der Waals surface area (Å²) in [6.45, 7) is 7.41. The van der Waals surface area contributed by atoms with Crippen molar-refractivity contribution in [3.05, 3.63) is 52.5 Å². The molecule has 4 heterocycles. The molecule has 0 amide bonds. The minimum absolute atomic E-state index is 0.0528. The number of anilines is 1. The molecule has 0 radical (unpaired) electrons. The van der Waals surface area contributed by atoms with Gasteiger partial charge >= 0.3 is 5.97 Å². The molecule has 2 unspecified atom stereocenters. The van der Waals surface area contributed by atoms with Gasteiger partial charge in [0.15, 0.2) is 0 Å². The fourth-order valence-electron chi connectivity index (χ4n) is 5.53. The Morgan fingerprint density at radius 1 is 1.24 bits per heavy atom. The van der Waals surface area contributed by atoms with Crippen molar-refractivity contribution in [2.75, 3.05) is 31.6 Å². The van der Waals surface area contributed by atoms with Crippen LogP contribution in [0.4, 0.5) is 5.82 Å². The fourth-order valence-corrected chi connectivity index (χ4v) is 5.53. The van der Waals surface area contributed by atoms with Gasteiger partial charge in [-0.05, 0) is 88.5 Å². The molecule has 2 atom stereocenters. The number of nitrogens with zero attached hydrogens (tertiary/aromatic N) is 3. The Labute approximate surface area is 226 Å². The number of aliphatic carboxylic acids is 1. The van der Waals surface area contributed by atoms with Crippen LogP contribution in [0.3, 0.4) is 0 Å². The zero-order valence-corrected chi connectivity index (χ0v) is 22.8. The van der Waals surface area contributed by atoms with E-state index in [0.29, 0.717) is 32.2 Å². The van der Waals surface area contributed by atoms with E-state index in [1.54, 1.807) is 6.20 Å². The number of nitrogens with one attached hydrogen (secondary N) is 1. The molecule has 0 spiro atoms. The Morgan fingerprint density at radius 3 is 2.89 bits per heavy atom. The van der Waals surface area contributed by atoms with Crippen molar-refractivity contribution in [2.24, 2.45) is 0 Å². The highest BCUT2D eigenvalue weighted by Crippen LogP contribution is 2.40. The average Bonchev–Trinajstić information content (AvgIpc) is 3.66. The van der Waals surface area contributed by atoms with Crippen LogP contribution in [0.15, 0.2) is 24.4 Å². The number of carboxylic acid groups (broad SMARTS) is 1. The first-order valence-corrected chi connectivity index (χ1v) is 14.4. The molecule has 2 aliphatic heterocycles. The highest BCUT2D eigenvalue weighted by molar-refractivity contribution is 5.76. The number of rotatable bonds is 13. The molecular weight excluding hydrogens is 480 g/mol. The third kappa shape index (κ3) is 6.90. The quantitative estimate of drug-likeness (QED) is 0.360. The summed E-state index contributed by atoms with van der Waals surface area (Å²) >= 11 is 0. The van der Waals surface area contributed by atoms with Crippen LogP contribution in [0.25, 0.3) is 0 Å². The minimum atomic E-state index is -0.843. The molecule has 3 aliphatic rings. The molecule has 8 nitrogen and oxygen atoms in total. The van der Waals surface area contributed by atoms with Gasteiger partial charge in [-0.1, -0.05) is 6.07 Å². The highest BCUT2D eigenvalue weighted by Gasteiger charge is 2.36. The summed E-state index contributed by atoms with van der Waals surface area (Å²) in [5.74, 6) is 0.721. The standard InChI is InChI=1S/C30H42N4O4/c1-20(2)38-19-23-16-27(21-8-9-21)32-17-26(23)28(30(35)36)34-14-12-25(18-34)37-15-4-3-7-24-11-10-22-6-5-13-31-29(22)33-24/h10-11,16-17,20-21,25,28H,3-9,12-15,18-19H2,1-2H3,(H,31,33)(H,35,36). The van der Waals surface area contributed by atoms with Crippen LogP contribution in [0.2, 0.25) is 0 Å². The summed E-state index contributed by atoms with van der Waals surface area (Å²) in [7, 11) is 0. The maximum absolute atomic E-state index is 12.5. The van der Waals surface area contributed by atoms with Crippen LogP contribution in [0.5, 0.6) is 0 Å². The molecule has 1 aliphatic carbocycles. The molecule has 2 N–H and O–H groups in total. The molecule has 2 aromatic rings. The van der Waals surface area contributed by atoms with Gasteiger partial charge in [-0.15, -0.1) is 0 Å². The molecule has 8 heteroatoms. The first-order chi connectivity index (χ1) is 18.5. The number of hydrogen-bond donors (Lipinski definition) is 2. The third-order valence-electron chi connectivity index (χ3n) is 7.82. The smallest absolute Gasteiger partial charge is 0.325 e. The fraction of sp³-hybridized carbons (Fsp3) is 0.633. The predicted octanol–water partition coefficient (Wildman–Crippen LogP) is 4.88. The van der Waals surface area contributed by atoms with Crippen LogP contribution in [0.1, 0.15) is 92.4 Å². The van der Waals surface area contributed by atoms with E-state index in [0.717, 1.165) is 79.8 Å². The molecule has 2 aromatic heterocycles. The number of hydrogen-bond acceptors (Lipinski definition) is 7. The highest BCUT2D eigenvalue weighted by atomic mass is 16.5. The van der Waals surface area contributed by atoms with Crippen LogP contribution in [0, 0.1) is 0 Å². The lowest BCUT2D eigenvalue weighted by Gasteiger charge is -2.26. The van der Waals surface area contributed by atoms with Gasteiger partial charge in [-0.25, -0.2) is 4.98 Å². The van der Waals surface area contributed by atoms with Gasteiger partial charge in [0.2, 0.25) is 0 Å². The maximum atomic E-state index is 12.5. The maximum Gasteiger partial charge on any atom is 0.325 e. The first kappa shape index (κ1) is 27.0. The van der Waals surface area contributed by atoms with E-state index in [9.17, 15) is 9.90 Å². The van der Waals surface area contributed by atoms with E-state index in [1.165, 1.54) is 12.0 Å². The molecule has 206 valence electrons. The van der Waals surface area contributed by atoms with Crippen molar-refractivity contribution in [3.63, 3.8) is 0 Å². The van der Waals surface area contributed by atoms with E-state index in [-0.39, 0.29) is 12.2 Å². The summed E-state index contributed by atoms with van der Waals surface area (Å²) in [4.78, 5) is 23.9. The number of carboxylic acids is 1. The number of likely N-dealkylation sites (tertiary alicyclic amines) is 1. The first-order valence-electron chi connectivity index (χ1n) is 14.4. The van der Waals surface area contributed by atoms with Gasteiger partial charge in [0.25, 0.3) is 0 Å². The topological polar surface area (TPSA) is 96.8 Å². The van der Waals surface area contributed by atoms with Gasteiger partial charge in [0, 0.05) is 55.3 Å². The van der Waals surface area contributed by atoms with Crippen LogP contribution in [-0.4, -0.2) is 64.4 Å². The Kier molecular flexibility index (Phi) is 8.92. The van der Waals surface area contributed by atoms with Crippen molar-refractivity contribution in [1.29, 1.82) is 0 Å². The molecule has 1 saturated carbocycles. The molecule has 0 aromatic carbocycles. The second-order valence-electron chi connectivity index (χ2n) is 11.3. The Bertz CT molecular complexity index is 1100. The van der Waals surface area contributed by atoms with Gasteiger partial charge < -0.3 is 19.9 Å². The number of aromatic nitrogens is 2. The minimum Gasteiger partial charge on any atom is -0.480 e. The lowest BCUT2D eigenvalue weighted by Crippen LogP contribution is -2.34. The lowest BCUT2D eigenvalue weighted by molar-refractivity contribution is -0.143. The summed E-state index contributed by atoms with van der Waals surface area (Å²) in [5, 5.41) is 13.6. The van der Waals surface area contributed by atoms with Crippen molar-refractivity contribution in [2.45, 2.75) is 96.0 Å². The zero-order chi connectivity index (χ0) is 26.5. The number of fused-ring (bicyclic) bond motifs is 1. The SMILES string of the molecule is CC(C)OCc1cc(C2CC2)ncc1C(C(=O)O)N1CCC(OCCCCc2ccc3c(n2)NCCC3)C1. The second-order valence-corrected chi connectivity index (χ2v) is 11.3. The predicted molar refractivity (Wildman–Crippen MR) is 146 cm³/mol. The lowest BCUT2D eigenvalue weighted by atomic mass is 10.00. The van der Waals surface area contributed by atoms with Gasteiger partial charge in [-0.2, -0.15) is 0 Å². The second kappa shape index (κ2) is 12.5. The summed E-state index contributed by atoms with van der Waals surface area (Å²) < 4.78 is 12.1. The molecule has 1 saturated heterocycles. The average molecular weight is 523 g/mol. The van der Waals surface area contributed by atoms with Gasteiger partial charge in [0.1, 0.15) is 11.9 Å². The van der Waals surface area contributed by atoms with Crippen LogP contribution < -0.4 is 5.32 Å². The van der Waals surface area contributed by atoms with Gasteiger partial charge in [-0.3, -0.25) is 14.7 Å². The summed E-state index contributed by atoms with van der Waals surface area (Å²) in [6, 6.07) is 5.70. The monoisotopic (exact) mass is 522 g/mol. The van der Waals surface area contributed by atoms with Gasteiger partial charge in [0.05, 0.1) is 18.8 Å². The summed E-state index contributed by atoms with van der Waals surface area (Å²) in [6.07, 6.45) is 10.3. The number of aryl methyl sites for hydroxylation is 2. The van der Waals surface area contributed by atoms with Crippen molar-refractivity contribution >= 4 is 11.8 Å². The van der Waals surface area contributed by atoms with E-state index in [2.05, 4.69) is 28.5 Å². The molecule has 5 rings (SSSR count). The molecule has 2 fully saturated rings. The number of ether oxygens (including phenoxy) is 2. The van der Waals surface area contributed by atoms with E-state index in [4.69, 9.17) is 14.5 Å². The Balaban J connectivity index is 1.13. The van der Waals surface area contributed by atoms with E-state index >= 15 is 0 Å². The van der Waals surface area contributed by atoms with Crippen molar-refractivity contribution in [1.82, 2.24) is 14.9 Å². The number of carbonyl (C=O) groups is 1. The third-order valence-corrected chi connectivity index (χ3v) is 7.82. The van der Waals surface area contributed by atoms with Crippen LogP contribution >= 0.6 is 0 Å². The van der Waals surface area contributed by atoms with Crippen molar-refractivity contribution in [3.8, 4) is 0 Å². The Hall–Kier alpha value is -2.55. The largest absolute Gasteiger partial charge is 0.480 e. The van der Waals surface area contributed by atoms with Crippen LogP contribution in [-0.2, 0) is 33.7 Å². The Morgan fingerprint density at radius 2 is 2.11 bits per heavy atom. The summed E-state index contributed by atoms with van der Waals surface area (Å²) in [5.41, 5.74) is 5.20. The molecule has 0 bridgehead atoms. The molecule has 38 heavy (non-hydrogen) atoms. The number of pyridine rings is 2. The van der Waals surface area contributed by atoms with E-state index < -0.39 is 12.0 Å². The normalized spacial score (nSPS) is 20.3. The molecular formula is C30H42N4O4. The zero-order valence-electron chi connectivity index (χ0n) is 22.8. The van der Waals surface area contributed by atoms with Crippen molar-refractivity contribution < 1.29 is 19.4 Å². The number of unbranched alkanes of at least 4 members (excludes halogenated alkanes) is 1.